The molecule has 1 N–H and O–H groups in total. The smallest absolute Gasteiger partial charge is 0.244 e. The van der Waals surface area contributed by atoms with Gasteiger partial charge in [0, 0.05) is 29.8 Å². The average Bonchev–Trinajstić information content (AvgIpc) is 2.70. The first-order valence-electron chi connectivity index (χ1n) is 8.00. The van der Waals surface area contributed by atoms with Crippen molar-refractivity contribution in [2.24, 2.45) is 0 Å². The van der Waals surface area contributed by atoms with Gasteiger partial charge in [0.1, 0.15) is 23.0 Å². The Kier molecular flexibility index (Phi) is 6.91. The minimum Gasteiger partial charge on any atom is -0.497 e. The molecule has 0 unspecified atom stereocenters. The predicted octanol–water partition coefficient (Wildman–Crippen LogP) is 3.05. The van der Waals surface area contributed by atoms with Crippen LogP contribution in [-0.4, -0.2) is 34.3 Å². The molecule has 6 nitrogen and oxygen atoms in total. The van der Waals surface area contributed by atoms with Gasteiger partial charge in [0.05, 0.1) is 28.4 Å². The SMILES string of the molecule is COc1ccc(OC)c(CNC(=O)C=Cc2ccc(OC)cc2OC)c1. The summed E-state index contributed by atoms with van der Waals surface area (Å²) in [6.45, 7) is 0.323. The zero-order valence-corrected chi connectivity index (χ0v) is 15.4. The molecule has 0 saturated heterocycles. The summed E-state index contributed by atoms with van der Waals surface area (Å²) in [4.78, 5) is 12.1. The highest BCUT2D eigenvalue weighted by atomic mass is 16.5. The molecule has 0 aromatic heterocycles. The first-order valence-corrected chi connectivity index (χ1v) is 8.00. The largest absolute Gasteiger partial charge is 0.497 e. The fourth-order valence-electron chi connectivity index (χ4n) is 2.38. The van der Waals surface area contributed by atoms with E-state index in [2.05, 4.69) is 5.32 Å². The summed E-state index contributed by atoms with van der Waals surface area (Å²) >= 11 is 0. The Bertz CT molecular complexity index is 786. The van der Waals surface area contributed by atoms with Crippen molar-refractivity contribution in [3.63, 3.8) is 0 Å². The van der Waals surface area contributed by atoms with E-state index < -0.39 is 0 Å². The Morgan fingerprint density at radius 1 is 0.885 bits per heavy atom. The van der Waals surface area contributed by atoms with Gasteiger partial charge in [-0.3, -0.25) is 4.79 Å². The van der Waals surface area contributed by atoms with Crippen LogP contribution in [0.3, 0.4) is 0 Å². The summed E-state index contributed by atoms with van der Waals surface area (Å²) in [6, 6.07) is 10.8. The molecule has 0 aliphatic heterocycles. The van der Waals surface area contributed by atoms with Crippen LogP contribution in [0.15, 0.2) is 42.5 Å². The number of hydrogen-bond donors (Lipinski definition) is 1. The topological polar surface area (TPSA) is 66.0 Å². The number of carbonyl (C=O) groups is 1. The van der Waals surface area contributed by atoms with Crippen LogP contribution in [0.25, 0.3) is 6.08 Å². The molecular weight excluding hydrogens is 334 g/mol. The van der Waals surface area contributed by atoms with Crippen molar-refractivity contribution in [2.45, 2.75) is 6.54 Å². The first-order chi connectivity index (χ1) is 12.6. The molecule has 1 amide bonds. The summed E-state index contributed by atoms with van der Waals surface area (Å²) in [7, 11) is 6.34. The minimum atomic E-state index is -0.229. The maximum atomic E-state index is 12.1. The number of amides is 1. The summed E-state index contributed by atoms with van der Waals surface area (Å²) < 4.78 is 21.0. The summed E-state index contributed by atoms with van der Waals surface area (Å²) in [5.41, 5.74) is 1.61. The Hall–Kier alpha value is -3.15. The number of carbonyl (C=O) groups excluding carboxylic acids is 1. The Labute approximate surface area is 153 Å². The lowest BCUT2D eigenvalue weighted by atomic mass is 10.1. The van der Waals surface area contributed by atoms with Crippen LogP contribution in [0, 0.1) is 0 Å². The Morgan fingerprint density at radius 2 is 1.54 bits per heavy atom. The third kappa shape index (κ3) is 4.92. The first kappa shape index (κ1) is 19.2. The van der Waals surface area contributed by atoms with Gasteiger partial charge in [-0.1, -0.05) is 0 Å². The summed E-state index contributed by atoms with van der Waals surface area (Å²) in [6.07, 6.45) is 3.15. The highest BCUT2D eigenvalue weighted by Crippen LogP contribution is 2.26. The molecule has 0 radical (unpaired) electrons. The highest BCUT2D eigenvalue weighted by Gasteiger charge is 2.07. The molecule has 2 aromatic rings. The molecule has 138 valence electrons. The van der Waals surface area contributed by atoms with Gasteiger partial charge in [-0.15, -0.1) is 0 Å². The number of ether oxygens (including phenoxy) is 4. The fraction of sp³-hybridized carbons (Fsp3) is 0.250. The number of rotatable bonds is 8. The number of benzene rings is 2. The third-order valence-corrected chi connectivity index (χ3v) is 3.80. The van der Waals surface area contributed by atoms with E-state index >= 15 is 0 Å². The molecule has 6 heteroatoms. The molecule has 0 aliphatic carbocycles. The molecule has 2 rings (SSSR count). The summed E-state index contributed by atoms with van der Waals surface area (Å²) in [5, 5.41) is 2.83. The van der Waals surface area contributed by atoms with Crippen LogP contribution >= 0.6 is 0 Å². The lowest BCUT2D eigenvalue weighted by molar-refractivity contribution is -0.116. The lowest BCUT2D eigenvalue weighted by Gasteiger charge is -2.11. The molecule has 0 bridgehead atoms. The quantitative estimate of drug-likeness (QED) is 0.736. The van der Waals surface area contributed by atoms with Gasteiger partial charge < -0.3 is 24.3 Å². The van der Waals surface area contributed by atoms with Crippen LogP contribution in [-0.2, 0) is 11.3 Å². The van der Waals surface area contributed by atoms with Gasteiger partial charge in [0.2, 0.25) is 5.91 Å². The van der Waals surface area contributed by atoms with Gasteiger partial charge in [-0.05, 0) is 36.4 Å². The standard InChI is InChI=1S/C20H23NO5/c1-23-16-8-9-18(25-3)15(11-16)13-21-20(22)10-6-14-5-7-17(24-2)12-19(14)26-4/h5-12H,13H2,1-4H3,(H,21,22). The van der Waals surface area contributed by atoms with Crippen molar-refractivity contribution >= 4 is 12.0 Å². The second kappa shape index (κ2) is 9.36. The maximum Gasteiger partial charge on any atom is 0.244 e. The molecule has 0 atom stereocenters. The van der Waals surface area contributed by atoms with Crippen LogP contribution in [0.5, 0.6) is 23.0 Å². The zero-order chi connectivity index (χ0) is 18.9. The molecule has 0 fully saturated rings. The van der Waals surface area contributed by atoms with Crippen molar-refractivity contribution in [3.05, 3.63) is 53.6 Å². The van der Waals surface area contributed by atoms with E-state index in [-0.39, 0.29) is 5.91 Å². The third-order valence-electron chi connectivity index (χ3n) is 3.80. The second-order valence-corrected chi connectivity index (χ2v) is 5.34. The monoisotopic (exact) mass is 357 g/mol. The van der Waals surface area contributed by atoms with Gasteiger partial charge in [-0.2, -0.15) is 0 Å². The van der Waals surface area contributed by atoms with Gasteiger partial charge in [-0.25, -0.2) is 0 Å². The molecule has 0 aliphatic rings. The van der Waals surface area contributed by atoms with Crippen LogP contribution in [0.1, 0.15) is 11.1 Å². The summed E-state index contributed by atoms with van der Waals surface area (Å²) in [5.74, 6) is 2.48. The van der Waals surface area contributed by atoms with Crippen molar-refractivity contribution in [3.8, 4) is 23.0 Å². The lowest BCUT2D eigenvalue weighted by Crippen LogP contribution is -2.20. The second-order valence-electron chi connectivity index (χ2n) is 5.34. The number of hydrogen-bond acceptors (Lipinski definition) is 5. The Balaban J connectivity index is 2.04. The van der Waals surface area contributed by atoms with Crippen molar-refractivity contribution in [1.29, 1.82) is 0 Å². The Morgan fingerprint density at radius 3 is 2.19 bits per heavy atom. The van der Waals surface area contributed by atoms with E-state index in [0.29, 0.717) is 29.5 Å². The van der Waals surface area contributed by atoms with Crippen LogP contribution in [0.2, 0.25) is 0 Å². The van der Waals surface area contributed by atoms with E-state index in [1.165, 1.54) is 6.08 Å². The zero-order valence-electron chi connectivity index (χ0n) is 15.4. The molecule has 0 saturated carbocycles. The van der Waals surface area contributed by atoms with Gasteiger partial charge in [0.25, 0.3) is 0 Å². The predicted molar refractivity (Wildman–Crippen MR) is 100.0 cm³/mol. The molecule has 0 heterocycles. The van der Waals surface area contributed by atoms with Crippen LogP contribution in [0.4, 0.5) is 0 Å². The van der Waals surface area contributed by atoms with E-state index in [4.69, 9.17) is 18.9 Å². The molecule has 2 aromatic carbocycles. The minimum absolute atomic E-state index is 0.229. The molecule has 0 spiro atoms. The highest BCUT2D eigenvalue weighted by molar-refractivity contribution is 5.92. The normalized spacial score (nSPS) is 10.5. The van der Waals surface area contributed by atoms with E-state index in [9.17, 15) is 4.79 Å². The number of methoxy groups -OCH3 is 4. The number of nitrogens with one attached hydrogen (secondary N) is 1. The average molecular weight is 357 g/mol. The van der Waals surface area contributed by atoms with Crippen molar-refractivity contribution in [2.75, 3.05) is 28.4 Å². The molecular formula is C20H23NO5. The van der Waals surface area contributed by atoms with E-state index in [1.807, 2.05) is 12.1 Å². The van der Waals surface area contributed by atoms with Crippen molar-refractivity contribution in [1.82, 2.24) is 5.32 Å². The van der Waals surface area contributed by atoms with E-state index in [1.54, 1.807) is 58.8 Å². The van der Waals surface area contributed by atoms with Crippen molar-refractivity contribution < 1.29 is 23.7 Å². The maximum absolute atomic E-state index is 12.1. The molecule has 26 heavy (non-hydrogen) atoms. The van der Waals surface area contributed by atoms with Gasteiger partial charge >= 0.3 is 0 Å². The van der Waals surface area contributed by atoms with E-state index in [0.717, 1.165) is 11.1 Å². The fourth-order valence-corrected chi connectivity index (χ4v) is 2.38. The van der Waals surface area contributed by atoms with Gasteiger partial charge in [0.15, 0.2) is 0 Å². The van der Waals surface area contributed by atoms with Crippen LogP contribution < -0.4 is 24.3 Å².